The second-order valence-corrected chi connectivity index (χ2v) is 5.57. The molecule has 2 rings (SSSR count). The lowest BCUT2D eigenvalue weighted by atomic mass is 10.0. The van der Waals surface area contributed by atoms with Crippen molar-refractivity contribution in [2.75, 3.05) is 18.8 Å². The summed E-state index contributed by atoms with van der Waals surface area (Å²) in [6, 6.07) is 6.72. The van der Waals surface area contributed by atoms with E-state index in [0.29, 0.717) is 0 Å². The highest BCUT2D eigenvalue weighted by Gasteiger charge is 2.15. The van der Waals surface area contributed by atoms with Crippen LogP contribution >= 0.6 is 11.8 Å². The SMILES string of the molecule is Cc1ccc(C)c(SCCC2CNC2)c1. The topological polar surface area (TPSA) is 12.0 Å². The maximum atomic E-state index is 3.32. The minimum absolute atomic E-state index is 0.933. The summed E-state index contributed by atoms with van der Waals surface area (Å²) in [5, 5.41) is 3.32. The van der Waals surface area contributed by atoms with Gasteiger partial charge >= 0.3 is 0 Å². The summed E-state index contributed by atoms with van der Waals surface area (Å²) in [5.41, 5.74) is 2.78. The lowest BCUT2D eigenvalue weighted by Crippen LogP contribution is -2.42. The Morgan fingerprint density at radius 3 is 2.80 bits per heavy atom. The lowest BCUT2D eigenvalue weighted by molar-refractivity contribution is 0.341. The quantitative estimate of drug-likeness (QED) is 0.784. The van der Waals surface area contributed by atoms with Crippen LogP contribution < -0.4 is 5.32 Å². The molecule has 0 amide bonds. The van der Waals surface area contributed by atoms with Crippen molar-refractivity contribution < 1.29 is 0 Å². The van der Waals surface area contributed by atoms with E-state index in [1.807, 2.05) is 11.8 Å². The van der Waals surface area contributed by atoms with Gasteiger partial charge < -0.3 is 5.32 Å². The van der Waals surface area contributed by atoms with Crippen LogP contribution in [-0.2, 0) is 0 Å². The third kappa shape index (κ3) is 2.99. The smallest absolute Gasteiger partial charge is 0.0104 e. The summed E-state index contributed by atoms with van der Waals surface area (Å²) in [4.78, 5) is 1.46. The zero-order valence-electron chi connectivity index (χ0n) is 9.55. The predicted octanol–water partition coefficient (Wildman–Crippen LogP) is 3.01. The lowest BCUT2D eigenvalue weighted by Gasteiger charge is -2.26. The Balaban J connectivity index is 1.83. The Bertz CT molecular complexity index is 331. The van der Waals surface area contributed by atoms with Gasteiger partial charge in [0.1, 0.15) is 0 Å². The second kappa shape index (κ2) is 5.04. The van der Waals surface area contributed by atoms with Gasteiger partial charge in [0.05, 0.1) is 0 Å². The van der Waals surface area contributed by atoms with E-state index in [9.17, 15) is 0 Å². The van der Waals surface area contributed by atoms with Crippen LogP contribution in [0.1, 0.15) is 17.5 Å². The Hall–Kier alpha value is -0.470. The van der Waals surface area contributed by atoms with Crippen LogP contribution in [0.2, 0.25) is 0 Å². The number of hydrogen-bond acceptors (Lipinski definition) is 2. The summed E-state index contributed by atoms with van der Waals surface area (Å²) in [6.45, 7) is 6.83. The largest absolute Gasteiger partial charge is 0.316 e. The molecule has 1 nitrogen and oxygen atoms in total. The third-order valence-electron chi connectivity index (χ3n) is 2.99. The second-order valence-electron chi connectivity index (χ2n) is 4.43. The highest BCUT2D eigenvalue weighted by Crippen LogP contribution is 2.25. The molecule has 0 spiro atoms. The van der Waals surface area contributed by atoms with Crippen LogP contribution in [0.3, 0.4) is 0 Å². The molecule has 1 N–H and O–H groups in total. The molecule has 1 heterocycles. The van der Waals surface area contributed by atoms with Gasteiger partial charge in [0.2, 0.25) is 0 Å². The molecule has 1 aromatic carbocycles. The predicted molar refractivity (Wildman–Crippen MR) is 67.6 cm³/mol. The minimum Gasteiger partial charge on any atom is -0.316 e. The van der Waals surface area contributed by atoms with Crippen molar-refractivity contribution >= 4 is 11.8 Å². The van der Waals surface area contributed by atoms with Crippen LogP contribution in [0, 0.1) is 19.8 Å². The Kier molecular flexibility index (Phi) is 3.71. The first-order chi connectivity index (χ1) is 7.25. The van der Waals surface area contributed by atoms with Crippen molar-refractivity contribution in [2.24, 2.45) is 5.92 Å². The van der Waals surface area contributed by atoms with E-state index >= 15 is 0 Å². The average Bonchev–Trinajstić information content (AvgIpc) is 2.15. The molecule has 1 saturated heterocycles. The molecule has 0 atom stereocenters. The van der Waals surface area contributed by atoms with Gasteiger partial charge in [-0.15, -0.1) is 11.8 Å². The Morgan fingerprint density at radius 2 is 2.13 bits per heavy atom. The first-order valence-corrected chi connectivity index (χ1v) is 6.65. The molecule has 82 valence electrons. The summed E-state index contributed by atoms with van der Waals surface area (Å²) >= 11 is 2.01. The van der Waals surface area contributed by atoms with Gasteiger partial charge in [0.15, 0.2) is 0 Å². The number of aryl methyl sites for hydroxylation is 2. The summed E-state index contributed by atoms with van der Waals surface area (Å²) in [6.07, 6.45) is 1.35. The molecule has 1 aliphatic heterocycles. The zero-order valence-corrected chi connectivity index (χ0v) is 10.4. The fourth-order valence-electron chi connectivity index (χ4n) is 1.75. The molecule has 1 aliphatic rings. The first kappa shape index (κ1) is 11.0. The van der Waals surface area contributed by atoms with E-state index in [1.54, 1.807) is 0 Å². The molecule has 0 saturated carbocycles. The third-order valence-corrected chi connectivity index (χ3v) is 4.18. The minimum atomic E-state index is 0.933. The molecule has 1 aromatic rings. The van der Waals surface area contributed by atoms with Crippen molar-refractivity contribution in [3.8, 4) is 0 Å². The molecular weight excluding hydrogens is 202 g/mol. The van der Waals surface area contributed by atoms with Crippen LogP contribution in [0.25, 0.3) is 0 Å². The number of thioether (sulfide) groups is 1. The van der Waals surface area contributed by atoms with Gasteiger partial charge in [-0.05, 0) is 56.7 Å². The summed E-state index contributed by atoms with van der Waals surface area (Å²) in [5.74, 6) is 2.19. The van der Waals surface area contributed by atoms with Gasteiger partial charge in [-0.25, -0.2) is 0 Å². The summed E-state index contributed by atoms with van der Waals surface area (Å²) < 4.78 is 0. The van der Waals surface area contributed by atoms with Crippen molar-refractivity contribution in [3.63, 3.8) is 0 Å². The van der Waals surface area contributed by atoms with Crippen LogP contribution in [0.5, 0.6) is 0 Å². The number of benzene rings is 1. The fourth-order valence-corrected chi connectivity index (χ4v) is 2.99. The van der Waals surface area contributed by atoms with Gasteiger partial charge in [-0.2, -0.15) is 0 Å². The average molecular weight is 221 g/mol. The highest BCUT2D eigenvalue weighted by atomic mass is 32.2. The molecule has 0 unspecified atom stereocenters. The van der Waals surface area contributed by atoms with Crippen molar-refractivity contribution in [2.45, 2.75) is 25.2 Å². The van der Waals surface area contributed by atoms with Crippen molar-refractivity contribution in [1.82, 2.24) is 5.32 Å². The van der Waals surface area contributed by atoms with E-state index in [0.717, 1.165) is 5.92 Å². The van der Waals surface area contributed by atoms with Gasteiger partial charge in [-0.3, -0.25) is 0 Å². The zero-order chi connectivity index (χ0) is 10.7. The molecule has 2 heteroatoms. The molecule has 0 radical (unpaired) electrons. The van der Waals surface area contributed by atoms with Crippen LogP contribution in [-0.4, -0.2) is 18.8 Å². The molecule has 0 aliphatic carbocycles. The van der Waals surface area contributed by atoms with E-state index in [2.05, 4.69) is 37.4 Å². The summed E-state index contributed by atoms with van der Waals surface area (Å²) in [7, 11) is 0. The number of hydrogen-bond donors (Lipinski definition) is 1. The Labute approximate surface area is 96.7 Å². The molecular formula is C13H19NS. The molecule has 0 bridgehead atoms. The van der Waals surface area contributed by atoms with E-state index in [-0.39, 0.29) is 0 Å². The van der Waals surface area contributed by atoms with Gasteiger partial charge in [0.25, 0.3) is 0 Å². The maximum Gasteiger partial charge on any atom is 0.0104 e. The van der Waals surface area contributed by atoms with Gasteiger partial charge in [-0.1, -0.05) is 17.7 Å². The van der Waals surface area contributed by atoms with E-state index in [4.69, 9.17) is 0 Å². The fraction of sp³-hybridized carbons (Fsp3) is 0.538. The monoisotopic (exact) mass is 221 g/mol. The molecule has 15 heavy (non-hydrogen) atoms. The normalized spacial score (nSPS) is 16.4. The number of rotatable bonds is 4. The Morgan fingerprint density at radius 1 is 1.33 bits per heavy atom. The molecule has 0 aromatic heterocycles. The van der Waals surface area contributed by atoms with E-state index < -0.39 is 0 Å². The van der Waals surface area contributed by atoms with Crippen molar-refractivity contribution in [3.05, 3.63) is 29.3 Å². The van der Waals surface area contributed by atoms with Crippen LogP contribution in [0.4, 0.5) is 0 Å². The van der Waals surface area contributed by atoms with E-state index in [1.165, 1.54) is 41.3 Å². The highest BCUT2D eigenvalue weighted by molar-refractivity contribution is 7.99. The van der Waals surface area contributed by atoms with Crippen molar-refractivity contribution in [1.29, 1.82) is 0 Å². The van der Waals surface area contributed by atoms with Gasteiger partial charge in [0, 0.05) is 4.90 Å². The molecule has 1 fully saturated rings. The van der Waals surface area contributed by atoms with Crippen LogP contribution in [0.15, 0.2) is 23.1 Å². The standard InChI is InChI=1S/C13H19NS/c1-10-3-4-11(2)13(7-10)15-6-5-12-8-14-9-12/h3-4,7,12,14H,5-6,8-9H2,1-2H3. The maximum absolute atomic E-state index is 3.32. The first-order valence-electron chi connectivity index (χ1n) is 5.66. The number of nitrogens with one attached hydrogen (secondary N) is 1.